The molecule has 1 aliphatic carbocycles. The van der Waals surface area contributed by atoms with E-state index >= 15 is 0 Å². The van der Waals surface area contributed by atoms with Gasteiger partial charge in [0.15, 0.2) is 0 Å². The number of amides is 1. The molecule has 2 rings (SSSR count). The van der Waals surface area contributed by atoms with Crippen LogP contribution in [-0.2, 0) is 4.79 Å². The Balaban J connectivity index is 1.83. The first kappa shape index (κ1) is 19.6. The number of carbonyl (C=O) groups is 1. The molecular weight excluding hydrogens is 331 g/mol. The van der Waals surface area contributed by atoms with E-state index in [1.807, 2.05) is 32.0 Å². The van der Waals surface area contributed by atoms with Gasteiger partial charge >= 0.3 is 6.18 Å². The van der Waals surface area contributed by atoms with Crippen molar-refractivity contribution >= 4 is 5.91 Å². The number of alkyl halides is 3. The van der Waals surface area contributed by atoms with Crippen molar-refractivity contribution < 1.29 is 22.7 Å². The molecule has 140 valence electrons. The second-order valence-corrected chi connectivity index (χ2v) is 7.03. The SMILES string of the molecule is Cc1cc(C)cc(OCCN(C)C(=O)C2CCCC(C(F)(F)F)C2)c1. The summed E-state index contributed by atoms with van der Waals surface area (Å²) in [5.41, 5.74) is 2.19. The topological polar surface area (TPSA) is 29.5 Å². The fourth-order valence-corrected chi connectivity index (χ4v) is 3.45. The molecule has 0 heterocycles. The Morgan fingerprint density at radius 3 is 2.44 bits per heavy atom. The number of hydrogen-bond donors (Lipinski definition) is 0. The zero-order valence-electron chi connectivity index (χ0n) is 15.0. The predicted octanol–water partition coefficient (Wildman–Crippen LogP) is 4.51. The highest BCUT2D eigenvalue weighted by molar-refractivity contribution is 5.78. The van der Waals surface area contributed by atoms with E-state index in [9.17, 15) is 18.0 Å². The Morgan fingerprint density at radius 1 is 1.20 bits per heavy atom. The highest BCUT2D eigenvalue weighted by Gasteiger charge is 2.43. The summed E-state index contributed by atoms with van der Waals surface area (Å²) in [5, 5.41) is 0. The van der Waals surface area contributed by atoms with Crippen LogP contribution in [0, 0.1) is 25.7 Å². The molecule has 25 heavy (non-hydrogen) atoms. The minimum atomic E-state index is -4.20. The maximum atomic E-state index is 12.9. The van der Waals surface area contributed by atoms with Gasteiger partial charge < -0.3 is 9.64 Å². The lowest BCUT2D eigenvalue weighted by atomic mass is 9.80. The number of carbonyl (C=O) groups excluding carboxylic acids is 1. The molecule has 1 amide bonds. The molecule has 1 saturated carbocycles. The second-order valence-electron chi connectivity index (χ2n) is 7.03. The van der Waals surface area contributed by atoms with Crippen molar-refractivity contribution in [3.63, 3.8) is 0 Å². The van der Waals surface area contributed by atoms with Crippen LogP contribution in [0.15, 0.2) is 18.2 Å². The Hall–Kier alpha value is -1.72. The molecule has 0 aromatic heterocycles. The third-order valence-electron chi connectivity index (χ3n) is 4.75. The number of benzene rings is 1. The summed E-state index contributed by atoms with van der Waals surface area (Å²) >= 11 is 0. The molecule has 1 fully saturated rings. The van der Waals surface area contributed by atoms with Crippen molar-refractivity contribution in [3.8, 4) is 5.75 Å². The van der Waals surface area contributed by atoms with Crippen LogP contribution in [0.2, 0.25) is 0 Å². The Bertz CT molecular complexity index is 581. The van der Waals surface area contributed by atoms with E-state index in [4.69, 9.17) is 4.74 Å². The smallest absolute Gasteiger partial charge is 0.391 e. The molecule has 1 aliphatic rings. The van der Waals surface area contributed by atoms with Crippen LogP contribution in [0.4, 0.5) is 13.2 Å². The molecule has 0 aliphatic heterocycles. The number of hydrogen-bond acceptors (Lipinski definition) is 2. The first-order chi connectivity index (χ1) is 11.7. The van der Waals surface area contributed by atoms with Crippen LogP contribution in [-0.4, -0.2) is 37.2 Å². The largest absolute Gasteiger partial charge is 0.492 e. The van der Waals surface area contributed by atoms with Crippen LogP contribution in [0.1, 0.15) is 36.8 Å². The van der Waals surface area contributed by atoms with Gasteiger partial charge in [-0.25, -0.2) is 0 Å². The molecule has 0 N–H and O–H groups in total. The molecule has 0 radical (unpaired) electrons. The van der Waals surface area contributed by atoms with Crippen LogP contribution < -0.4 is 4.74 Å². The van der Waals surface area contributed by atoms with Gasteiger partial charge in [0.05, 0.1) is 12.5 Å². The zero-order chi connectivity index (χ0) is 18.6. The molecular formula is C19H26F3NO2. The molecule has 2 atom stereocenters. The second kappa shape index (κ2) is 8.11. The lowest BCUT2D eigenvalue weighted by Crippen LogP contribution is -2.39. The van der Waals surface area contributed by atoms with Crippen LogP contribution in [0.25, 0.3) is 0 Å². The third kappa shape index (κ3) is 5.65. The molecule has 0 bridgehead atoms. The molecule has 2 unspecified atom stereocenters. The maximum absolute atomic E-state index is 12.9. The quantitative estimate of drug-likeness (QED) is 0.776. The summed E-state index contributed by atoms with van der Waals surface area (Å²) in [5.74, 6) is -1.35. The van der Waals surface area contributed by atoms with Gasteiger partial charge in [0.2, 0.25) is 5.91 Å². The minimum absolute atomic E-state index is 0.0927. The number of nitrogens with zero attached hydrogens (tertiary/aromatic N) is 1. The molecule has 6 heteroatoms. The van der Waals surface area contributed by atoms with Gasteiger partial charge in [-0.15, -0.1) is 0 Å². The lowest BCUT2D eigenvalue weighted by Gasteiger charge is -2.32. The van der Waals surface area contributed by atoms with E-state index in [2.05, 4.69) is 0 Å². The van der Waals surface area contributed by atoms with E-state index in [0.29, 0.717) is 26.0 Å². The van der Waals surface area contributed by atoms with Crippen LogP contribution in [0.3, 0.4) is 0 Å². The minimum Gasteiger partial charge on any atom is -0.492 e. The standard InChI is InChI=1S/C19H26F3NO2/c1-13-9-14(2)11-17(10-13)25-8-7-23(3)18(24)15-5-4-6-16(12-15)19(20,21)22/h9-11,15-16H,4-8,12H2,1-3H3. The van der Waals surface area contributed by atoms with Gasteiger partial charge in [-0.3, -0.25) is 4.79 Å². The van der Waals surface area contributed by atoms with E-state index in [1.54, 1.807) is 7.05 Å². The summed E-state index contributed by atoms with van der Waals surface area (Å²) in [6, 6.07) is 5.89. The normalized spacial score (nSPS) is 21.0. The van der Waals surface area contributed by atoms with Crippen molar-refractivity contribution in [3.05, 3.63) is 29.3 Å². The third-order valence-corrected chi connectivity index (χ3v) is 4.75. The monoisotopic (exact) mass is 357 g/mol. The van der Waals surface area contributed by atoms with E-state index in [0.717, 1.165) is 16.9 Å². The molecule has 0 saturated heterocycles. The number of likely N-dealkylation sites (N-methyl/N-ethyl adjacent to an activating group) is 1. The Kier molecular flexibility index (Phi) is 6.36. The average molecular weight is 357 g/mol. The summed E-state index contributed by atoms with van der Waals surface area (Å²) in [6.07, 6.45) is -3.18. The Labute approximate surface area is 147 Å². The number of aryl methyl sites for hydroxylation is 2. The van der Waals surface area contributed by atoms with E-state index in [1.165, 1.54) is 4.90 Å². The molecule has 1 aromatic carbocycles. The van der Waals surface area contributed by atoms with Crippen molar-refractivity contribution in [1.82, 2.24) is 4.90 Å². The molecule has 3 nitrogen and oxygen atoms in total. The first-order valence-corrected chi connectivity index (χ1v) is 8.69. The van der Waals surface area contributed by atoms with E-state index < -0.39 is 18.0 Å². The summed E-state index contributed by atoms with van der Waals surface area (Å²) in [7, 11) is 1.63. The summed E-state index contributed by atoms with van der Waals surface area (Å²) in [4.78, 5) is 13.9. The van der Waals surface area contributed by atoms with Gasteiger partial charge in [0, 0.05) is 13.0 Å². The van der Waals surface area contributed by atoms with Gasteiger partial charge in [0.1, 0.15) is 12.4 Å². The summed E-state index contributed by atoms with van der Waals surface area (Å²) in [6.45, 7) is 4.64. The predicted molar refractivity (Wildman–Crippen MR) is 90.6 cm³/mol. The highest BCUT2D eigenvalue weighted by atomic mass is 19.4. The summed E-state index contributed by atoms with van der Waals surface area (Å²) < 4.78 is 44.3. The van der Waals surface area contributed by atoms with Gasteiger partial charge in [-0.1, -0.05) is 12.5 Å². The van der Waals surface area contributed by atoms with Crippen LogP contribution in [0.5, 0.6) is 5.75 Å². The zero-order valence-corrected chi connectivity index (χ0v) is 15.0. The van der Waals surface area contributed by atoms with Crippen molar-refractivity contribution in [2.75, 3.05) is 20.2 Å². The Morgan fingerprint density at radius 2 is 1.84 bits per heavy atom. The molecule has 0 spiro atoms. The maximum Gasteiger partial charge on any atom is 0.391 e. The lowest BCUT2D eigenvalue weighted by molar-refractivity contribution is -0.187. The fourth-order valence-electron chi connectivity index (χ4n) is 3.45. The van der Waals surface area contributed by atoms with Gasteiger partial charge in [0.25, 0.3) is 0 Å². The van der Waals surface area contributed by atoms with Crippen LogP contribution >= 0.6 is 0 Å². The van der Waals surface area contributed by atoms with Crippen molar-refractivity contribution in [1.29, 1.82) is 0 Å². The number of ether oxygens (including phenoxy) is 1. The van der Waals surface area contributed by atoms with Gasteiger partial charge in [-0.2, -0.15) is 13.2 Å². The highest BCUT2D eigenvalue weighted by Crippen LogP contribution is 2.40. The average Bonchev–Trinajstić information content (AvgIpc) is 2.52. The number of rotatable bonds is 5. The van der Waals surface area contributed by atoms with E-state index in [-0.39, 0.29) is 18.7 Å². The fraction of sp³-hybridized carbons (Fsp3) is 0.632. The number of halogens is 3. The first-order valence-electron chi connectivity index (χ1n) is 8.69. The molecule has 1 aromatic rings. The van der Waals surface area contributed by atoms with Crippen molar-refractivity contribution in [2.45, 2.75) is 45.7 Å². The van der Waals surface area contributed by atoms with Gasteiger partial charge in [-0.05, 0) is 56.4 Å². The van der Waals surface area contributed by atoms with Crippen molar-refractivity contribution in [2.24, 2.45) is 11.8 Å².